The summed E-state index contributed by atoms with van der Waals surface area (Å²) in [6.07, 6.45) is 5.27. The fourth-order valence-corrected chi connectivity index (χ4v) is 2.99. The van der Waals surface area contributed by atoms with Crippen LogP contribution in [0.5, 0.6) is 11.5 Å². The zero-order chi connectivity index (χ0) is 14.5. The molecule has 5 heteroatoms. The Kier molecular flexibility index (Phi) is 7.29. The molecular weight excluding hydrogens is 290 g/mol. The van der Waals surface area contributed by atoms with Gasteiger partial charge in [-0.2, -0.15) is 0 Å². The van der Waals surface area contributed by atoms with E-state index in [2.05, 4.69) is 0 Å². The molecule has 120 valence electrons. The predicted octanol–water partition coefficient (Wildman–Crippen LogP) is 3.07. The lowest BCUT2D eigenvalue weighted by Crippen LogP contribution is -2.34. The molecular formula is C16H26ClNO3. The Labute approximate surface area is 133 Å². The fraction of sp³-hybridized carbons (Fsp3) is 0.625. The van der Waals surface area contributed by atoms with E-state index in [1.807, 2.05) is 18.2 Å². The summed E-state index contributed by atoms with van der Waals surface area (Å²) in [5, 5.41) is 10.5. The first-order valence-corrected chi connectivity index (χ1v) is 7.32. The third-order valence-electron chi connectivity index (χ3n) is 4.26. The number of methoxy groups -OCH3 is 2. The van der Waals surface area contributed by atoms with Crippen LogP contribution in [0.3, 0.4) is 0 Å². The van der Waals surface area contributed by atoms with E-state index in [4.69, 9.17) is 15.2 Å². The molecule has 0 aliphatic heterocycles. The molecule has 0 heterocycles. The van der Waals surface area contributed by atoms with Crippen molar-refractivity contribution >= 4 is 12.4 Å². The minimum absolute atomic E-state index is 0. The molecule has 2 atom stereocenters. The van der Waals surface area contributed by atoms with Crippen molar-refractivity contribution in [2.75, 3.05) is 14.2 Å². The van der Waals surface area contributed by atoms with Gasteiger partial charge in [-0.1, -0.05) is 19.3 Å². The first-order valence-electron chi connectivity index (χ1n) is 7.32. The van der Waals surface area contributed by atoms with Gasteiger partial charge in [-0.25, -0.2) is 0 Å². The maximum absolute atomic E-state index is 10.5. The quantitative estimate of drug-likeness (QED) is 0.876. The van der Waals surface area contributed by atoms with E-state index in [1.165, 1.54) is 19.3 Å². The van der Waals surface area contributed by atoms with Crippen LogP contribution in [0, 0.1) is 5.92 Å². The molecule has 0 spiro atoms. The van der Waals surface area contributed by atoms with Gasteiger partial charge in [-0.15, -0.1) is 12.4 Å². The maximum atomic E-state index is 10.5. The molecule has 0 radical (unpaired) electrons. The lowest BCUT2D eigenvalue weighted by atomic mass is 9.81. The van der Waals surface area contributed by atoms with Gasteiger partial charge in [0.2, 0.25) is 0 Å². The molecule has 0 aromatic heterocycles. The third-order valence-corrected chi connectivity index (χ3v) is 4.26. The Balaban J connectivity index is 0.00000220. The molecule has 1 aromatic rings. The predicted molar refractivity (Wildman–Crippen MR) is 86.3 cm³/mol. The summed E-state index contributed by atoms with van der Waals surface area (Å²) in [4.78, 5) is 0. The average molecular weight is 316 g/mol. The van der Waals surface area contributed by atoms with Crippen LogP contribution < -0.4 is 15.2 Å². The van der Waals surface area contributed by atoms with Crippen molar-refractivity contribution in [3.05, 3.63) is 23.8 Å². The van der Waals surface area contributed by atoms with Gasteiger partial charge in [0.25, 0.3) is 0 Å². The summed E-state index contributed by atoms with van der Waals surface area (Å²) < 4.78 is 10.5. The van der Waals surface area contributed by atoms with Gasteiger partial charge >= 0.3 is 0 Å². The molecule has 0 unspecified atom stereocenters. The number of hydrogen-bond acceptors (Lipinski definition) is 4. The summed E-state index contributed by atoms with van der Waals surface area (Å²) >= 11 is 0. The Morgan fingerprint density at radius 2 is 1.57 bits per heavy atom. The highest BCUT2D eigenvalue weighted by atomic mass is 35.5. The van der Waals surface area contributed by atoms with Crippen molar-refractivity contribution < 1.29 is 14.6 Å². The normalized spacial score (nSPS) is 18.5. The second-order valence-corrected chi connectivity index (χ2v) is 5.56. The van der Waals surface area contributed by atoms with Crippen LogP contribution in [-0.2, 0) is 0 Å². The standard InChI is InChI=1S/C16H25NO3.ClH/c1-19-13-8-12(9-14(10-13)20-2)15(17)16(18)11-6-4-3-5-7-11;/h8-11,15-16,18H,3-7,17H2,1-2H3;1H/t15-,16+;/m0./s1. The smallest absolute Gasteiger partial charge is 0.122 e. The molecule has 1 aliphatic carbocycles. The molecule has 1 fully saturated rings. The zero-order valence-corrected chi connectivity index (χ0v) is 13.6. The Morgan fingerprint density at radius 3 is 2.05 bits per heavy atom. The molecule has 1 aromatic carbocycles. The van der Waals surface area contributed by atoms with Gasteiger partial charge in [0.1, 0.15) is 11.5 Å². The van der Waals surface area contributed by atoms with Gasteiger partial charge in [0.05, 0.1) is 26.4 Å². The number of ether oxygens (including phenoxy) is 2. The Morgan fingerprint density at radius 1 is 1.05 bits per heavy atom. The van der Waals surface area contributed by atoms with Crippen molar-refractivity contribution in [1.82, 2.24) is 0 Å². The lowest BCUT2D eigenvalue weighted by molar-refractivity contribution is 0.0617. The van der Waals surface area contributed by atoms with Crippen LogP contribution in [0.4, 0.5) is 0 Å². The highest BCUT2D eigenvalue weighted by Crippen LogP contribution is 2.33. The molecule has 3 N–H and O–H groups in total. The minimum Gasteiger partial charge on any atom is -0.497 e. The molecule has 21 heavy (non-hydrogen) atoms. The van der Waals surface area contributed by atoms with E-state index in [-0.39, 0.29) is 12.4 Å². The van der Waals surface area contributed by atoms with Crippen molar-refractivity contribution in [2.45, 2.75) is 44.2 Å². The second-order valence-electron chi connectivity index (χ2n) is 5.56. The minimum atomic E-state index is -0.507. The monoisotopic (exact) mass is 315 g/mol. The number of rotatable bonds is 5. The van der Waals surface area contributed by atoms with E-state index in [1.54, 1.807) is 14.2 Å². The Bertz CT molecular complexity index is 413. The topological polar surface area (TPSA) is 64.7 Å². The number of benzene rings is 1. The summed E-state index contributed by atoms with van der Waals surface area (Å²) in [5.74, 6) is 1.70. The van der Waals surface area contributed by atoms with Gasteiger partial charge in [-0.05, 0) is 36.5 Å². The highest BCUT2D eigenvalue weighted by molar-refractivity contribution is 5.85. The van der Waals surface area contributed by atoms with Crippen molar-refractivity contribution in [3.63, 3.8) is 0 Å². The van der Waals surface area contributed by atoms with E-state index >= 15 is 0 Å². The van der Waals surface area contributed by atoms with Crippen molar-refractivity contribution in [2.24, 2.45) is 11.7 Å². The Hall–Kier alpha value is -0.970. The zero-order valence-electron chi connectivity index (χ0n) is 12.7. The van der Waals surface area contributed by atoms with Gasteiger partial charge in [-0.3, -0.25) is 0 Å². The number of nitrogens with two attached hydrogens (primary N) is 1. The van der Waals surface area contributed by atoms with Crippen molar-refractivity contribution in [3.8, 4) is 11.5 Å². The molecule has 4 nitrogen and oxygen atoms in total. The summed E-state index contributed by atoms with van der Waals surface area (Å²) in [6, 6.07) is 5.16. The number of hydrogen-bond donors (Lipinski definition) is 2. The molecule has 2 rings (SSSR count). The average Bonchev–Trinajstić information content (AvgIpc) is 2.53. The first kappa shape index (κ1) is 18.1. The van der Waals surface area contributed by atoms with E-state index in [0.717, 1.165) is 18.4 Å². The number of aliphatic hydroxyl groups is 1. The SMILES string of the molecule is COc1cc(OC)cc([C@H](N)[C@H](O)C2CCCCC2)c1.Cl. The van der Waals surface area contributed by atoms with Gasteiger partial charge in [0, 0.05) is 6.07 Å². The van der Waals surface area contributed by atoms with Gasteiger partial charge < -0.3 is 20.3 Å². The summed E-state index contributed by atoms with van der Waals surface area (Å²) in [5.41, 5.74) is 7.12. The molecule has 0 saturated heterocycles. The summed E-state index contributed by atoms with van der Waals surface area (Å²) in [7, 11) is 3.23. The van der Waals surface area contributed by atoms with E-state index in [9.17, 15) is 5.11 Å². The third kappa shape index (κ3) is 4.50. The van der Waals surface area contributed by atoms with Crippen LogP contribution in [0.1, 0.15) is 43.7 Å². The maximum Gasteiger partial charge on any atom is 0.122 e. The number of halogens is 1. The molecule has 0 bridgehead atoms. The van der Waals surface area contributed by atoms with Gasteiger partial charge in [0.15, 0.2) is 0 Å². The van der Waals surface area contributed by atoms with Crippen LogP contribution in [0.2, 0.25) is 0 Å². The summed E-state index contributed by atoms with van der Waals surface area (Å²) in [6.45, 7) is 0. The van der Waals surface area contributed by atoms with E-state index < -0.39 is 12.1 Å². The molecule has 1 saturated carbocycles. The van der Waals surface area contributed by atoms with Crippen LogP contribution >= 0.6 is 12.4 Å². The fourth-order valence-electron chi connectivity index (χ4n) is 2.99. The molecule has 0 amide bonds. The van der Waals surface area contributed by atoms with Crippen LogP contribution in [-0.4, -0.2) is 25.4 Å². The lowest BCUT2D eigenvalue weighted by Gasteiger charge is -2.30. The van der Waals surface area contributed by atoms with Crippen LogP contribution in [0.15, 0.2) is 18.2 Å². The van der Waals surface area contributed by atoms with E-state index in [0.29, 0.717) is 17.4 Å². The number of aliphatic hydroxyl groups excluding tert-OH is 1. The largest absolute Gasteiger partial charge is 0.497 e. The molecule has 1 aliphatic rings. The van der Waals surface area contributed by atoms with Crippen molar-refractivity contribution in [1.29, 1.82) is 0 Å². The van der Waals surface area contributed by atoms with Crippen LogP contribution in [0.25, 0.3) is 0 Å². The first-order chi connectivity index (χ1) is 9.65. The highest BCUT2D eigenvalue weighted by Gasteiger charge is 2.28. The second kappa shape index (κ2) is 8.47.